The molecule has 1 fully saturated rings. The van der Waals surface area contributed by atoms with E-state index in [2.05, 4.69) is 0 Å². The number of urea groups is 1. The number of carbonyl (C=O) groups excluding carboxylic acids is 1. The molecule has 0 saturated carbocycles. The Morgan fingerprint density at radius 2 is 1.94 bits per heavy atom. The number of carbonyl (C=O) groups is 2. The molecule has 1 rings (SSSR count). The molecule has 1 saturated heterocycles. The van der Waals surface area contributed by atoms with Crippen LogP contribution < -0.4 is 0 Å². The van der Waals surface area contributed by atoms with Crippen LogP contribution in [-0.2, 0) is 4.79 Å². The molecule has 2 N–H and O–H groups in total. The van der Waals surface area contributed by atoms with Gasteiger partial charge in [0.2, 0.25) is 0 Å². The number of β-amino-alcohol motifs (C(OH)–C–C–N with tert-alkyl or cyclic N) is 1. The summed E-state index contributed by atoms with van der Waals surface area (Å²) in [5, 5.41) is 18.6. The molecule has 104 valence electrons. The molecule has 6 nitrogen and oxygen atoms in total. The van der Waals surface area contributed by atoms with Crippen molar-refractivity contribution in [3.8, 4) is 0 Å². The monoisotopic (exact) mass is 258 g/mol. The molecule has 0 aromatic heterocycles. The zero-order valence-electron chi connectivity index (χ0n) is 11.2. The predicted octanol–water partition coefficient (Wildman–Crippen LogP) is 0.747. The number of amides is 2. The molecule has 0 radical (unpaired) electrons. The maximum Gasteiger partial charge on any atom is 0.326 e. The molecule has 1 aliphatic rings. The van der Waals surface area contributed by atoms with E-state index in [1.807, 2.05) is 13.8 Å². The number of hydrogen-bond donors (Lipinski definition) is 2. The molecule has 0 spiro atoms. The quantitative estimate of drug-likeness (QED) is 0.779. The molecule has 0 aliphatic carbocycles. The van der Waals surface area contributed by atoms with E-state index in [0.29, 0.717) is 0 Å². The lowest BCUT2D eigenvalue weighted by Gasteiger charge is -2.32. The first kappa shape index (κ1) is 14.8. The van der Waals surface area contributed by atoms with Crippen LogP contribution in [0.25, 0.3) is 0 Å². The third-order valence-corrected chi connectivity index (χ3v) is 3.60. The van der Waals surface area contributed by atoms with Crippen LogP contribution in [0.5, 0.6) is 0 Å². The van der Waals surface area contributed by atoms with Gasteiger partial charge in [-0.25, -0.2) is 9.59 Å². The molecule has 6 heteroatoms. The van der Waals surface area contributed by atoms with E-state index >= 15 is 0 Å². The highest BCUT2D eigenvalue weighted by Gasteiger charge is 2.40. The second kappa shape index (κ2) is 6.04. The number of hydrogen-bond acceptors (Lipinski definition) is 3. The third kappa shape index (κ3) is 2.93. The molecule has 0 unspecified atom stereocenters. The first-order chi connectivity index (χ1) is 8.42. The SMILES string of the molecule is CCC(CC)N(C)C(=O)N1C[C@H](O)C[C@H]1C(=O)O. The van der Waals surface area contributed by atoms with E-state index in [-0.39, 0.29) is 25.0 Å². The van der Waals surface area contributed by atoms with Crippen LogP contribution in [-0.4, -0.2) is 63.8 Å². The van der Waals surface area contributed by atoms with E-state index in [1.165, 1.54) is 4.90 Å². The summed E-state index contributed by atoms with van der Waals surface area (Å²) in [6, 6.07) is -1.12. The number of carboxylic acid groups (broad SMARTS) is 1. The van der Waals surface area contributed by atoms with Gasteiger partial charge in [-0.15, -0.1) is 0 Å². The van der Waals surface area contributed by atoms with E-state index < -0.39 is 18.1 Å². The Hall–Kier alpha value is -1.30. The second-order valence-corrected chi connectivity index (χ2v) is 4.76. The van der Waals surface area contributed by atoms with Gasteiger partial charge in [0.25, 0.3) is 0 Å². The fraction of sp³-hybridized carbons (Fsp3) is 0.833. The van der Waals surface area contributed by atoms with Crippen molar-refractivity contribution in [1.82, 2.24) is 9.80 Å². The van der Waals surface area contributed by atoms with Crippen LogP contribution in [0.3, 0.4) is 0 Å². The van der Waals surface area contributed by atoms with Crippen molar-refractivity contribution in [3.05, 3.63) is 0 Å². The highest BCUT2D eigenvalue weighted by Crippen LogP contribution is 2.21. The summed E-state index contributed by atoms with van der Waals surface area (Å²) < 4.78 is 0. The lowest BCUT2D eigenvalue weighted by Crippen LogP contribution is -2.49. The van der Waals surface area contributed by atoms with Gasteiger partial charge in [0.1, 0.15) is 6.04 Å². The van der Waals surface area contributed by atoms with Crippen molar-refractivity contribution >= 4 is 12.0 Å². The fourth-order valence-electron chi connectivity index (χ4n) is 2.45. The van der Waals surface area contributed by atoms with Gasteiger partial charge in [-0.1, -0.05) is 13.8 Å². The van der Waals surface area contributed by atoms with Crippen LogP contribution in [0.15, 0.2) is 0 Å². The average Bonchev–Trinajstić information content (AvgIpc) is 2.72. The highest BCUT2D eigenvalue weighted by atomic mass is 16.4. The van der Waals surface area contributed by atoms with Crippen molar-refractivity contribution in [2.75, 3.05) is 13.6 Å². The van der Waals surface area contributed by atoms with Crippen molar-refractivity contribution < 1.29 is 19.8 Å². The third-order valence-electron chi connectivity index (χ3n) is 3.60. The van der Waals surface area contributed by atoms with Crippen LogP contribution >= 0.6 is 0 Å². The summed E-state index contributed by atoms with van der Waals surface area (Å²) in [5.74, 6) is -1.06. The Labute approximate surface area is 107 Å². The molecular weight excluding hydrogens is 236 g/mol. The summed E-state index contributed by atoms with van der Waals surface area (Å²) in [4.78, 5) is 26.1. The van der Waals surface area contributed by atoms with Crippen molar-refractivity contribution in [3.63, 3.8) is 0 Å². The lowest BCUT2D eigenvalue weighted by molar-refractivity contribution is -0.141. The molecule has 2 amide bonds. The minimum atomic E-state index is -1.06. The predicted molar refractivity (Wildman–Crippen MR) is 66.3 cm³/mol. The topological polar surface area (TPSA) is 81.1 Å². The lowest BCUT2D eigenvalue weighted by atomic mass is 10.1. The number of rotatable bonds is 4. The van der Waals surface area contributed by atoms with E-state index in [4.69, 9.17) is 5.11 Å². The minimum absolute atomic E-state index is 0.0975. The summed E-state index contributed by atoms with van der Waals surface area (Å²) in [6.45, 7) is 4.08. The summed E-state index contributed by atoms with van der Waals surface area (Å²) in [6.07, 6.45) is 1.02. The van der Waals surface area contributed by atoms with Gasteiger partial charge >= 0.3 is 12.0 Å². The average molecular weight is 258 g/mol. The van der Waals surface area contributed by atoms with Crippen molar-refractivity contribution in [1.29, 1.82) is 0 Å². The standard InChI is InChI=1S/C12H22N2O4/c1-4-8(5-2)13(3)12(18)14-7-9(15)6-10(14)11(16)17/h8-10,15H,4-7H2,1-3H3,(H,16,17)/t9-,10+/m1/s1. The van der Waals surface area contributed by atoms with Gasteiger partial charge < -0.3 is 20.0 Å². The fourth-order valence-corrected chi connectivity index (χ4v) is 2.45. The molecule has 1 heterocycles. The summed E-state index contributed by atoms with van der Waals surface area (Å²) in [5.41, 5.74) is 0. The largest absolute Gasteiger partial charge is 0.480 e. The molecular formula is C12H22N2O4. The van der Waals surface area contributed by atoms with E-state index in [0.717, 1.165) is 12.8 Å². The molecule has 0 bridgehead atoms. The van der Waals surface area contributed by atoms with Gasteiger partial charge in [-0.05, 0) is 12.8 Å². The first-order valence-electron chi connectivity index (χ1n) is 6.36. The zero-order valence-corrected chi connectivity index (χ0v) is 11.2. The number of aliphatic hydroxyl groups is 1. The van der Waals surface area contributed by atoms with Gasteiger partial charge in [0, 0.05) is 26.1 Å². The van der Waals surface area contributed by atoms with E-state index in [9.17, 15) is 14.7 Å². The molecule has 0 aromatic carbocycles. The minimum Gasteiger partial charge on any atom is -0.480 e. The first-order valence-corrected chi connectivity index (χ1v) is 6.36. The van der Waals surface area contributed by atoms with Gasteiger partial charge in [0.15, 0.2) is 0 Å². The number of carboxylic acids is 1. The van der Waals surface area contributed by atoms with Gasteiger partial charge in [0.05, 0.1) is 6.10 Å². The maximum atomic E-state index is 12.2. The van der Waals surface area contributed by atoms with Crippen molar-refractivity contribution in [2.45, 2.75) is 51.3 Å². The Kier molecular flexibility index (Phi) is 4.95. The smallest absolute Gasteiger partial charge is 0.326 e. The van der Waals surface area contributed by atoms with Gasteiger partial charge in [-0.2, -0.15) is 0 Å². The number of aliphatic carboxylic acids is 1. The van der Waals surface area contributed by atoms with Gasteiger partial charge in [-0.3, -0.25) is 0 Å². The Bertz CT molecular complexity index is 317. The normalized spacial score (nSPS) is 23.5. The summed E-state index contributed by atoms with van der Waals surface area (Å²) in [7, 11) is 1.68. The molecule has 0 aromatic rings. The zero-order chi connectivity index (χ0) is 13.9. The van der Waals surface area contributed by atoms with Crippen LogP contribution in [0.2, 0.25) is 0 Å². The Balaban J connectivity index is 2.78. The maximum absolute atomic E-state index is 12.2. The van der Waals surface area contributed by atoms with Crippen LogP contribution in [0.4, 0.5) is 4.79 Å². The Morgan fingerprint density at radius 3 is 2.39 bits per heavy atom. The second-order valence-electron chi connectivity index (χ2n) is 4.76. The number of aliphatic hydroxyl groups excluding tert-OH is 1. The Morgan fingerprint density at radius 1 is 1.39 bits per heavy atom. The molecule has 2 atom stereocenters. The van der Waals surface area contributed by atoms with E-state index in [1.54, 1.807) is 11.9 Å². The number of nitrogens with zero attached hydrogens (tertiary/aromatic N) is 2. The van der Waals surface area contributed by atoms with Crippen molar-refractivity contribution in [2.24, 2.45) is 0 Å². The van der Waals surface area contributed by atoms with Crippen LogP contribution in [0, 0.1) is 0 Å². The molecule has 18 heavy (non-hydrogen) atoms. The summed E-state index contributed by atoms with van der Waals surface area (Å²) >= 11 is 0. The molecule has 1 aliphatic heterocycles. The van der Waals surface area contributed by atoms with Crippen LogP contribution in [0.1, 0.15) is 33.1 Å². The highest BCUT2D eigenvalue weighted by molar-refractivity contribution is 5.83. The number of likely N-dealkylation sites (tertiary alicyclic amines) is 1.